The zero-order valence-corrected chi connectivity index (χ0v) is 18.1. The lowest BCUT2D eigenvalue weighted by Gasteiger charge is -2.10. The quantitative estimate of drug-likeness (QED) is 0.227. The number of carbonyl (C=O) groups excluding carboxylic acids is 2. The molecule has 0 bridgehead atoms. The highest BCUT2D eigenvalue weighted by atomic mass is 79.9. The fraction of sp³-hybridized carbons (Fsp3) is 0.0455. The van der Waals surface area contributed by atoms with Gasteiger partial charge in [0.25, 0.3) is 5.91 Å². The molecule has 0 atom stereocenters. The number of hydrogen-bond donors (Lipinski definition) is 1. The Morgan fingerprint density at radius 2 is 1.77 bits per heavy atom. The molecule has 0 fully saturated rings. The summed E-state index contributed by atoms with van der Waals surface area (Å²) in [5, 5.41) is 4.25. The van der Waals surface area contributed by atoms with Crippen LogP contribution in [0.25, 0.3) is 0 Å². The van der Waals surface area contributed by atoms with Crippen molar-refractivity contribution in [3.8, 4) is 11.5 Å². The van der Waals surface area contributed by atoms with Crippen molar-refractivity contribution in [1.82, 2.24) is 5.43 Å². The van der Waals surface area contributed by atoms with Crippen molar-refractivity contribution in [1.29, 1.82) is 0 Å². The van der Waals surface area contributed by atoms with Crippen molar-refractivity contribution in [2.24, 2.45) is 5.10 Å². The molecule has 8 heteroatoms. The van der Waals surface area contributed by atoms with Crippen molar-refractivity contribution in [2.75, 3.05) is 7.11 Å². The van der Waals surface area contributed by atoms with E-state index < -0.39 is 5.97 Å². The van der Waals surface area contributed by atoms with Gasteiger partial charge < -0.3 is 9.47 Å². The molecule has 30 heavy (non-hydrogen) atoms. The number of methoxy groups -OCH3 is 1. The molecule has 0 saturated carbocycles. The number of rotatable bonds is 6. The van der Waals surface area contributed by atoms with E-state index >= 15 is 0 Å². The van der Waals surface area contributed by atoms with Gasteiger partial charge in [0.2, 0.25) is 0 Å². The van der Waals surface area contributed by atoms with Gasteiger partial charge in [0.1, 0.15) is 0 Å². The largest absolute Gasteiger partial charge is 0.493 e. The van der Waals surface area contributed by atoms with Crippen molar-refractivity contribution in [2.45, 2.75) is 0 Å². The lowest BCUT2D eigenvalue weighted by molar-refractivity contribution is 0.0729. The summed E-state index contributed by atoms with van der Waals surface area (Å²) in [4.78, 5) is 24.4. The molecule has 0 aromatic heterocycles. The van der Waals surface area contributed by atoms with E-state index in [2.05, 4.69) is 26.5 Å². The number of benzene rings is 3. The van der Waals surface area contributed by atoms with Crippen LogP contribution in [0.4, 0.5) is 0 Å². The minimum Gasteiger partial charge on any atom is -0.493 e. The minimum atomic E-state index is -0.595. The van der Waals surface area contributed by atoms with E-state index in [9.17, 15) is 9.59 Å². The normalized spacial score (nSPS) is 10.6. The summed E-state index contributed by atoms with van der Waals surface area (Å²) in [6.07, 6.45) is 1.46. The molecule has 0 aliphatic rings. The number of ether oxygens (including phenoxy) is 2. The van der Waals surface area contributed by atoms with Gasteiger partial charge in [0, 0.05) is 10.0 Å². The number of nitrogens with zero attached hydrogens (tertiary/aromatic N) is 1. The van der Waals surface area contributed by atoms with E-state index in [-0.39, 0.29) is 17.2 Å². The van der Waals surface area contributed by atoms with Crippen molar-refractivity contribution in [3.63, 3.8) is 0 Å². The third-order valence-corrected chi connectivity index (χ3v) is 4.83. The summed E-state index contributed by atoms with van der Waals surface area (Å²) in [6, 6.07) is 18.4. The topological polar surface area (TPSA) is 77.0 Å². The molecule has 0 spiro atoms. The standard InChI is InChI=1S/C22H16BrClN2O4/c1-29-20-12-14(13-25-26-21(27)15-7-9-16(23)10-8-15)6-11-19(20)30-22(28)17-4-2-3-5-18(17)24/h2-13H,1H3,(H,26,27)/b25-13+. The number of hydrogen-bond acceptors (Lipinski definition) is 5. The lowest BCUT2D eigenvalue weighted by atomic mass is 10.2. The Morgan fingerprint density at radius 1 is 1.03 bits per heavy atom. The summed E-state index contributed by atoms with van der Waals surface area (Å²) in [5.74, 6) is -0.366. The van der Waals surface area contributed by atoms with Gasteiger partial charge in [-0.15, -0.1) is 0 Å². The molecule has 0 aliphatic heterocycles. The fourth-order valence-electron chi connectivity index (χ4n) is 2.46. The van der Waals surface area contributed by atoms with Gasteiger partial charge in [-0.05, 0) is 60.2 Å². The highest BCUT2D eigenvalue weighted by Crippen LogP contribution is 2.29. The Kier molecular flexibility index (Phi) is 7.21. The first-order valence-corrected chi connectivity index (χ1v) is 9.89. The molecule has 3 aromatic rings. The molecule has 152 valence electrons. The number of esters is 1. The summed E-state index contributed by atoms with van der Waals surface area (Å²) in [7, 11) is 1.46. The van der Waals surface area contributed by atoms with Crippen LogP contribution in [0.15, 0.2) is 76.3 Å². The van der Waals surface area contributed by atoms with Gasteiger partial charge in [0.15, 0.2) is 11.5 Å². The molecule has 0 radical (unpaired) electrons. The Bertz CT molecular complexity index is 1100. The maximum absolute atomic E-state index is 12.4. The molecule has 3 aromatic carbocycles. The second-order valence-corrected chi connectivity index (χ2v) is 7.31. The number of halogens is 2. The van der Waals surface area contributed by atoms with Crippen molar-refractivity contribution < 1.29 is 19.1 Å². The van der Waals surface area contributed by atoms with E-state index in [1.54, 1.807) is 66.7 Å². The lowest BCUT2D eigenvalue weighted by Crippen LogP contribution is -2.17. The highest BCUT2D eigenvalue weighted by Gasteiger charge is 2.15. The monoisotopic (exact) mass is 486 g/mol. The minimum absolute atomic E-state index is 0.235. The van der Waals surface area contributed by atoms with Gasteiger partial charge in [0.05, 0.1) is 23.9 Å². The first-order chi connectivity index (χ1) is 14.5. The zero-order chi connectivity index (χ0) is 21.5. The van der Waals surface area contributed by atoms with Crippen molar-refractivity contribution >= 4 is 45.6 Å². The van der Waals surface area contributed by atoms with Crippen LogP contribution in [0.5, 0.6) is 11.5 Å². The predicted molar refractivity (Wildman–Crippen MR) is 119 cm³/mol. The second kappa shape index (κ2) is 10.0. The maximum Gasteiger partial charge on any atom is 0.345 e. The van der Waals surface area contributed by atoms with Gasteiger partial charge >= 0.3 is 5.97 Å². The first-order valence-electron chi connectivity index (χ1n) is 8.71. The van der Waals surface area contributed by atoms with E-state index in [0.717, 1.165) is 4.47 Å². The molecule has 0 unspecified atom stereocenters. The summed E-state index contributed by atoms with van der Waals surface area (Å²) >= 11 is 9.35. The molecule has 0 heterocycles. The summed E-state index contributed by atoms with van der Waals surface area (Å²) < 4.78 is 11.6. The molecule has 0 aliphatic carbocycles. The van der Waals surface area contributed by atoms with Gasteiger partial charge in [-0.2, -0.15) is 5.10 Å². The van der Waals surface area contributed by atoms with Crippen LogP contribution in [0, 0.1) is 0 Å². The molecular weight excluding hydrogens is 472 g/mol. The van der Waals surface area contributed by atoms with Crippen LogP contribution >= 0.6 is 27.5 Å². The van der Waals surface area contributed by atoms with E-state index in [0.29, 0.717) is 21.9 Å². The molecular formula is C22H16BrClN2O4. The molecule has 1 amide bonds. The first kappa shape index (κ1) is 21.5. The number of nitrogens with one attached hydrogen (secondary N) is 1. The van der Waals surface area contributed by atoms with E-state index in [4.69, 9.17) is 21.1 Å². The number of amides is 1. The number of hydrazone groups is 1. The average Bonchev–Trinajstić information content (AvgIpc) is 2.75. The Hall–Kier alpha value is -3.16. The molecule has 3 rings (SSSR count). The van der Waals surface area contributed by atoms with Gasteiger partial charge in [-0.3, -0.25) is 4.79 Å². The molecule has 1 N–H and O–H groups in total. The van der Waals surface area contributed by atoms with Crippen LogP contribution in [0.1, 0.15) is 26.3 Å². The van der Waals surface area contributed by atoms with E-state index in [1.807, 2.05) is 0 Å². The third-order valence-electron chi connectivity index (χ3n) is 3.97. The molecule has 6 nitrogen and oxygen atoms in total. The van der Waals surface area contributed by atoms with Crippen LogP contribution in [-0.2, 0) is 0 Å². The van der Waals surface area contributed by atoms with Gasteiger partial charge in [-0.1, -0.05) is 39.7 Å². The second-order valence-electron chi connectivity index (χ2n) is 5.99. The Labute approximate surface area is 186 Å². The van der Waals surface area contributed by atoms with Crippen LogP contribution < -0.4 is 14.9 Å². The van der Waals surface area contributed by atoms with E-state index in [1.165, 1.54) is 13.3 Å². The summed E-state index contributed by atoms with van der Waals surface area (Å²) in [6.45, 7) is 0. The van der Waals surface area contributed by atoms with Crippen LogP contribution in [0.2, 0.25) is 5.02 Å². The molecule has 0 saturated heterocycles. The van der Waals surface area contributed by atoms with Crippen LogP contribution in [-0.4, -0.2) is 25.2 Å². The Balaban J connectivity index is 1.68. The fourth-order valence-corrected chi connectivity index (χ4v) is 2.94. The Morgan fingerprint density at radius 3 is 2.47 bits per heavy atom. The third kappa shape index (κ3) is 5.46. The van der Waals surface area contributed by atoms with Crippen LogP contribution in [0.3, 0.4) is 0 Å². The average molecular weight is 488 g/mol. The van der Waals surface area contributed by atoms with Gasteiger partial charge in [-0.25, -0.2) is 10.2 Å². The highest BCUT2D eigenvalue weighted by molar-refractivity contribution is 9.10. The SMILES string of the molecule is COc1cc(/C=N/NC(=O)c2ccc(Br)cc2)ccc1OC(=O)c1ccccc1Cl. The summed E-state index contributed by atoms with van der Waals surface area (Å²) in [5.41, 5.74) is 3.83. The smallest absolute Gasteiger partial charge is 0.345 e. The van der Waals surface area contributed by atoms with Crippen molar-refractivity contribution in [3.05, 3.63) is 92.9 Å². The zero-order valence-electron chi connectivity index (χ0n) is 15.8. The number of carbonyl (C=O) groups is 2. The maximum atomic E-state index is 12.4. The predicted octanol–water partition coefficient (Wildman–Crippen LogP) is 5.09.